The minimum atomic E-state index is -0.403. The average molecular weight is 753 g/mol. The quantitative estimate of drug-likeness (QED) is 0.136. The van der Waals surface area contributed by atoms with E-state index in [-0.39, 0.29) is 36.2 Å². The molecule has 2 aromatic heterocycles. The van der Waals surface area contributed by atoms with Crippen molar-refractivity contribution < 1.29 is 28.5 Å². The van der Waals surface area contributed by atoms with Gasteiger partial charge in [-0.15, -0.1) is 0 Å². The van der Waals surface area contributed by atoms with Crippen molar-refractivity contribution in [3.8, 4) is 0 Å². The van der Waals surface area contributed by atoms with E-state index in [1.165, 1.54) is 33.0 Å². The van der Waals surface area contributed by atoms with Gasteiger partial charge >= 0.3 is 11.9 Å². The second kappa shape index (κ2) is 15.0. The van der Waals surface area contributed by atoms with Gasteiger partial charge in [-0.05, 0) is 48.2 Å². The SMILES string of the molecule is CCOC(=O)[C@@H]1Cc2c([nH]c3ccccc23)[C@]2(CO[C@@H]2Cc2ccccc2)N1.CCOC(=O)[C@@H]1Cc2c([nH]c3ccccc23)[C@]2(CO[C@@H]2Cc2ccccc2)N1. The third-order valence-corrected chi connectivity index (χ3v) is 12.0. The highest BCUT2D eigenvalue weighted by molar-refractivity contribution is 5.89. The molecule has 0 bridgehead atoms. The van der Waals surface area contributed by atoms with E-state index in [0.29, 0.717) is 39.3 Å². The lowest BCUT2D eigenvalue weighted by Crippen LogP contribution is -2.70. The van der Waals surface area contributed by atoms with Crippen molar-refractivity contribution in [3.05, 3.63) is 143 Å². The molecule has 4 aliphatic rings. The lowest BCUT2D eigenvalue weighted by molar-refractivity contribution is -0.172. The molecular formula is C46H48N4O6. The van der Waals surface area contributed by atoms with Crippen LogP contribution in [0.15, 0.2) is 109 Å². The molecule has 2 fully saturated rings. The number of fused-ring (bicyclic) bond motifs is 8. The summed E-state index contributed by atoms with van der Waals surface area (Å²) in [5.74, 6) is -0.383. The molecule has 6 heterocycles. The van der Waals surface area contributed by atoms with E-state index in [1.54, 1.807) is 0 Å². The Morgan fingerprint density at radius 2 is 0.982 bits per heavy atom. The van der Waals surface area contributed by atoms with Gasteiger partial charge in [0.2, 0.25) is 0 Å². The fourth-order valence-electron chi connectivity index (χ4n) is 9.23. The average Bonchev–Trinajstić information content (AvgIpc) is 3.80. The molecule has 0 aliphatic carbocycles. The number of carbonyl (C=O) groups excluding carboxylic acids is 2. The van der Waals surface area contributed by atoms with Crippen LogP contribution in [0.1, 0.15) is 47.5 Å². The third-order valence-electron chi connectivity index (χ3n) is 12.0. The Hall–Kier alpha value is -5.26. The summed E-state index contributed by atoms with van der Waals surface area (Å²) in [6.07, 6.45) is 2.74. The molecule has 4 N–H and O–H groups in total. The Morgan fingerprint density at radius 3 is 1.36 bits per heavy atom. The summed E-state index contributed by atoms with van der Waals surface area (Å²) in [4.78, 5) is 32.5. The molecule has 2 saturated heterocycles. The van der Waals surface area contributed by atoms with E-state index < -0.39 is 11.1 Å². The molecule has 56 heavy (non-hydrogen) atoms. The number of aromatic nitrogens is 2. The van der Waals surface area contributed by atoms with Gasteiger partial charge < -0.3 is 28.9 Å². The number of esters is 2. The van der Waals surface area contributed by atoms with Gasteiger partial charge in [-0.1, -0.05) is 97.1 Å². The summed E-state index contributed by atoms with van der Waals surface area (Å²) in [6, 6.07) is 36.5. The molecule has 10 nitrogen and oxygen atoms in total. The number of aromatic amines is 2. The van der Waals surface area contributed by atoms with Crippen LogP contribution in [0.25, 0.3) is 21.8 Å². The predicted octanol–water partition coefficient (Wildman–Crippen LogP) is 6.16. The summed E-state index contributed by atoms with van der Waals surface area (Å²) in [7, 11) is 0. The van der Waals surface area contributed by atoms with Crippen molar-refractivity contribution in [2.75, 3.05) is 26.4 Å². The molecule has 0 radical (unpaired) electrons. The van der Waals surface area contributed by atoms with Gasteiger partial charge in [0.15, 0.2) is 0 Å². The molecule has 10 heteroatoms. The molecule has 10 rings (SSSR count). The summed E-state index contributed by atoms with van der Waals surface area (Å²) >= 11 is 0. The first-order valence-corrected chi connectivity index (χ1v) is 19.8. The molecule has 0 amide bonds. The molecule has 0 saturated carbocycles. The second-order valence-corrected chi connectivity index (χ2v) is 15.3. The Bertz CT molecular complexity index is 2190. The van der Waals surface area contributed by atoms with Crippen molar-refractivity contribution in [1.29, 1.82) is 0 Å². The highest BCUT2D eigenvalue weighted by atomic mass is 16.5. The summed E-state index contributed by atoms with van der Waals surface area (Å²) in [5, 5.41) is 9.57. The smallest absolute Gasteiger partial charge is 0.323 e. The maximum atomic E-state index is 12.6. The first-order chi connectivity index (χ1) is 27.4. The number of hydrogen-bond donors (Lipinski definition) is 4. The Labute approximate surface area is 326 Å². The van der Waals surface area contributed by atoms with E-state index in [4.69, 9.17) is 18.9 Å². The maximum absolute atomic E-state index is 12.6. The maximum Gasteiger partial charge on any atom is 0.323 e. The fourth-order valence-corrected chi connectivity index (χ4v) is 9.23. The number of nitrogens with one attached hydrogen (secondary N) is 4. The molecule has 6 aromatic rings. The van der Waals surface area contributed by atoms with Crippen LogP contribution in [0.5, 0.6) is 0 Å². The van der Waals surface area contributed by atoms with Gasteiger partial charge in [-0.2, -0.15) is 0 Å². The van der Waals surface area contributed by atoms with E-state index in [2.05, 4.69) is 69.1 Å². The summed E-state index contributed by atoms with van der Waals surface area (Å²) < 4.78 is 22.8. The van der Waals surface area contributed by atoms with Crippen LogP contribution in [0.3, 0.4) is 0 Å². The predicted molar refractivity (Wildman–Crippen MR) is 214 cm³/mol. The number of hydrogen-bond acceptors (Lipinski definition) is 8. The number of carbonyl (C=O) groups is 2. The third kappa shape index (κ3) is 6.30. The Morgan fingerprint density at radius 1 is 0.589 bits per heavy atom. The Kier molecular flexibility index (Phi) is 9.75. The molecule has 6 atom stereocenters. The monoisotopic (exact) mass is 752 g/mol. The van der Waals surface area contributed by atoms with E-state index in [9.17, 15) is 9.59 Å². The van der Waals surface area contributed by atoms with Gasteiger partial charge in [-0.3, -0.25) is 20.2 Å². The van der Waals surface area contributed by atoms with Gasteiger partial charge in [0.1, 0.15) is 23.2 Å². The van der Waals surface area contributed by atoms with Crippen molar-refractivity contribution >= 4 is 33.7 Å². The van der Waals surface area contributed by atoms with Gasteiger partial charge in [0.05, 0.1) is 38.6 Å². The number of benzene rings is 4. The highest BCUT2D eigenvalue weighted by Crippen LogP contribution is 2.46. The van der Waals surface area contributed by atoms with Crippen molar-refractivity contribution in [3.63, 3.8) is 0 Å². The van der Waals surface area contributed by atoms with Gasteiger partial charge in [-0.25, -0.2) is 0 Å². The standard InChI is InChI=1S/2C23H24N2O3/c2*1-2-27-22(26)19-13-17-16-10-6-7-11-18(16)24-21(17)23(25-19)14-28-20(23)12-15-8-4-3-5-9-15/h2*3-11,19-20,24-25H,2,12-14H2,1H3/t2*19-,20+,23+/m00/s1. The first-order valence-electron chi connectivity index (χ1n) is 19.8. The van der Waals surface area contributed by atoms with Gasteiger partial charge in [0, 0.05) is 58.9 Å². The molecular weight excluding hydrogens is 705 g/mol. The molecule has 0 unspecified atom stereocenters. The normalized spacial score (nSPS) is 26.0. The molecule has 2 spiro atoms. The van der Waals surface area contributed by atoms with Crippen molar-refractivity contribution in [1.82, 2.24) is 20.6 Å². The van der Waals surface area contributed by atoms with Crippen LogP contribution in [0.2, 0.25) is 0 Å². The lowest BCUT2D eigenvalue weighted by Gasteiger charge is -2.53. The molecule has 4 aromatic carbocycles. The largest absolute Gasteiger partial charge is 0.465 e. The van der Waals surface area contributed by atoms with Crippen molar-refractivity contribution in [2.45, 2.75) is 74.9 Å². The molecule has 288 valence electrons. The van der Waals surface area contributed by atoms with Crippen LogP contribution < -0.4 is 10.6 Å². The minimum absolute atomic E-state index is 0.0426. The second-order valence-electron chi connectivity index (χ2n) is 15.3. The van der Waals surface area contributed by atoms with Gasteiger partial charge in [0.25, 0.3) is 0 Å². The minimum Gasteiger partial charge on any atom is -0.465 e. The number of rotatable bonds is 8. The van der Waals surface area contributed by atoms with E-state index in [0.717, 1.165) is 35.3 Å². The Balaban J connectivity index is 0.000000146. The number of para-hydroxylation sites is 2. The van der Waals surface area contributed by atoms with Crippen LogP contribution in [-0.4, -0.2) is 72.6 Å². The highest BCUT2D eigenvalue weighted by Gasteiger charge is 2.57. The first kappa shape index (κ1) is 36.4. The lowest BCUT2D eigenvalue weighted by atomic mass is 9.75. The molecule has 4 aliphatic heterocycles. The zero-order chi connectivity index (χ0) is 38.3. The van der Waals surface area contributed by atoms with E-state index >= 15 is 0 Å². The van der Waals surface area contributed by atoms with Crippen LogP contribution in [0, 0.1) is 0 Å². The van der Waals surface area contributed by atoms with Crippen molar-refractivity contribution in [2.24, 2.45) is 0 Å². The zero-order valence-corrected chi connectivity index (χ0v) is 31.8. The summed E-state index contributed by atoms with van der Waals surface area (Å²) in [6.45, 7) is 5.54. The van der Waals surface area contributed by atoms with E-state index in [1.807, 2.05) is 74.5 Å². The summed E-state index contributed by atoms with van der Waals surface area (Å²) in [5.41, 5.74) is 8.56. The van der Waals surface area contributed by atoms with Crippen LogP contribution in [-0.2, 0) is 65.3 Å². The number of ether oxygens (including phenoxy) is 4. The topological polar surface area (TPSA) is 127 Å². The zero-order valence-electron chi connectivity index (χ0n) is 31.8. The van der Waals surface area contributed by atoms with Crippen LogP contribution >= 0.6 is 0 Å². The fraction of sp³-hybridized carbons (Fsp3) is 0.348. The number of H-pyrrole nitrogens is 2. The van der Waals surface area contributed by atoms with Crippen LogP contribution in [0.4, 0.5) is 0 Å².